The molecule has 1 aromatic carbocycles. The molecule has 0 fully saturated rings. The first-order valence-corrected chi connectivity index (χ1v) is 6.31. The zero-order valence-corrected chi connectivity index (χ0v) is 11.0. The molecule has 0 aromatic heterocycles. The van der Waals surface area contributed by atoms with Crippen molar-refractivity contribution in [1.82, 2.24) is 4.65 Å². The number of nitrogens with zero attached hydrogens (tertiary/aromatic N) is 1. The number of quaternary nitrogens is 1. The highest BCUT2D eigenvalue weighted by atomic mass is 16.7. The lowest BCUT2D eigenvalue weighted by Crippen LogP contribution is -2.58. The standard InChI is InChI=1S/C14H17NO4/c1-3-18-13-10-9-11-7-5-6-8-12(11)15(13,17)14(16)19-4-2/h5-10,13H,3-4H2,1-2H3. The summed E-state index contributed by atoms with van der Waals surface area (Å²) >= 11 is 0. The maximum Gasteiger partial charge on any atom is 0.523 e. The predicted molar refractivity (Wildman–Crippen MR) is 73.1 cm³/mol. The highest BCUT2D eigenvalue weighted by molar-refractivity contribution is 5.89. The molecule has 0 bridgehead atoms. The average molecular weight is 263 g/mol. The maximum absolute atomic E-state index is 13.0. The number of amides is 1. The molecule has 0 saturated heterocycles. The molecule has 0 aliphatic carbocycles. The Morgan fingerprint density at radius 3 is 2.74 bits per heavy atom. The van der Waals surface area contributed by atoms with E-state index in [1.807, 2.05) is 6.07 Å². The molecule has 1 aromatic rings. The van der Waals surface area contributed by atoms with Crippen molar-refractivity contribution in [3.8, 4) is 0 Å². The summed E-state index contributed by atoms with van der Waals surface area (Å²) in [6.45, 7) is 3.96. The third kappa shape index (κ3) is 2.28. The van der Waals surface area contributed by atoms with E-state index in [1.54, 1.807) is 44.2 Å². The van der Waals surface area contributed by atoms with Crippen LogP contribution in [0, 0.1) is 5.21 Å². The monoisotopic (exact) mass is 263 g/mol. The number of carbonyl (C=O) groups excluding carboxylic acids is 1. The molecule has 2 atom stereocenters. The van der Waals surface area contributed by atoms with E-state index in [0.29, 0.717) is 17.9 Å². The summed E-state index contributed by atoms with van der Waals surface area (Å²) in [7, 11) is 0. The van der Waals surface area contributed by atoms with Crippen molar-refractivity contribution in [2.24, 2.45) is 0 Å². The quantitative estimate of drug-likeness (QED) is 0.621. The Balaban J connectivity index is 2.49. The van der Waals surface area contributed by atoms with E-state index in [2.05, 4.69) is 0 Å². The Morgan fingerprint density at radius 1 is 1.32 bits per heavy atom. The van der Waals surface area contributed by atoms with Crippen molar-refractivity contribution in [3.63, 3.8) is 0 Å². The second-order valence-electron chi connectivity index (χ2n) is 4.12. The number of para-hydroxylation sites is 1. The van der Waals surface area contributed by atoms with Gasteiger partial charge in [0, 0.05) is 17.7 Å². The van der Waals surface area contributed by atoms with Crippen molar-refractivity contribution in [2.75, 3.05) is 13.2 Å². The Morgan fingerprint density at radius 2 is 2.05 bits per heavy atom. The summed E-state index contributed by atoms with van der Waals surface area (Å²) in [6, 6.07) is 6.97. The summed E-state index contributed by atoms with van der Waals surface area (Å²) in [6.07, 6.45) is 1.65. The van der Waals surface area contributed by atoms with Gasteiger partial charge in [0.05, 0.1) is 13.2 Å². The van der Waals surface area contributed by atoms with E-state index in [0.717, 1.165) is 0 Å². The van der Waals surface area contributed by atoms with Gasteiger partial charge in [-0.05, 0) is 26.0 Å². The summed E-state index contributed by atoms with van der Waals surface area (Å²) in [5.74, 6) is 0. The minimum absolute atomic E-state index is 0.159. The molecule has 0 saturated carbocycles. The maximum atomic E-state index is 13.0. The summed E-state index contributed by atoms with van der Waals surface area (Å²) in [4.78, 5) is 12.1. The summed E-state index contributed by atoms with van der Waals surface area (Å²) < 4.78 is 9.06. The molecular formula is C14H17NO4. The number of hydrogen-bond acceptors (Lipinski definition) is 4. The van der Waals surface area contributed by atoms with Gasteiger partial charge in [-0.3, -0.25) is 0 Å². The minimum atomic E-state index is -1.26. The number of hydrogen-bond donors (Lipinski definition) is 0. The Bertz CT molecular complexity index is 500. The van der Waals surface area contributed by atoms with E-state index < -0.39 is 17.0 Å². The fraction of sp³-hybridized carbons (Fsp3) is 0.357. The van der Waals surface area contributed by atoms with Gasteiger partial charge in [-0.1, -0.05) is 12.1 Å². The predicted octanol–water partition coefficient (Wildman–Crippen LogP) is 3.04. The second-order valence-corrected chi connectivity index (χ2v) is 4.12. The normalized spacial score (nSPS) is 24.9. The molecule has 2 rings (SSSR count). The molecule has 102 valence electrons. The Labute approximate surface area is 112 Å². The lowest BCUT2D eigenvalue weighted by Gasteiger charge is -2.43. The van der Waals surface area contributed by atoms with Crippen molar-refractivity contribution in [3.05, 3.63) is 41.1 Å². The summed E-state index contributed by atoms with van der Waals surface area (Å²) in [5.41, 5.74) is 1.06. The van der Waals surface area contributed by atoms with Gasteiger partial charge in [-0.25, -0.2) is 0 Å². The van der Waals surface area contributed by atoms with Gasteiger partial charge < -0.3 is 14.7 Å². The molecule has 1 aliphatic rings. The SMILES string of the molecule is CCOC(=O)[N+]1([O-])c2ccccc2C=CC1OCC. The van der Waals surface area contributed by atoms with Crippen LogP contribution in [0.2, 0.25) is 0 Å². The number of ether oxygens (including phenoxy) is 2. The van der Waals surface area contributed by atoms with Crippen LogP contribution in [0.3, 0.4) is 0 Å². The molecule has 0 N–H and O–H groups in total. The fourth-order valence-corrected chi connectivity index (χ4v) is 2.13. The zero-order chi connectivity index (χ0) is 13.9. The molecule has 2 unspecified atom stereocenters. The minimum Gasteiger partial charge on any atom is -0.615 e. The largest absolute Gasteiger partial charge is 0.615 e. The smallest absolute Gasteiger partial charge is 0.523 e. The second kappa shape index (κ2) is 5.52. The van der Waals surface area contributed by atoms with Crippen molar-refractivity contribution in [2.45, 2.75) is 20.1 Å². The van der Waals surface area contributed by atoms with Crippen molar-refractivity contribution in [1.29, 1.82) is 0 Å². The molecule has 0 spiro atoms. The molecule has 0 radical (unpaired) electrons. The van der Waals surface area contributed by atoms with Crippen LogP contribution >= 0.6 is 0 Å². The highest BCUT2D eigenvalue weighted by Crippen LogP contribution is 2.36. The van der Waals surface area contributed by atoms with E-state index in [-0.39, 0.29) is 6.61 Å². The van der Waals surface area contributed by atoms with E-state index in [1.165, 1.54) is 0 Å². The lowest BCUT2D eigenvalue weighted by molar-refractivity contribution is 0.00335. The van der Waals surface area contributed by atoms with Gasteiger partial charge in [-0.15, -0.1) is 0 Å². The van der Waals surface area contributed by atoms with Gasteiger partial charge in [0.1, 0.15) is 0 Å². The molecule has 19 heavy (non-hydrogen) atoms. The Kier molecular flexibility index (Phi) is 3.99. The van der Waals surface area contributed by atoms with Crippen LogP contribution in [-0.2, 0) is 9.47 Å². The summed E-state index contributed by atoms with van der Waals surface area (Å²) in [5, 5.41) is 13.0. The van der Waals surface area contributed by atoms with Crippen LogP contribution in [0.4, 0.5) is 10.5 Å². The van der Waals surface area contributed by atoms with Crippen LogP contribution in [-0.4, -0.2) is 25.5 Å². The van der Waals surface area contributed by atoms with Gasteiger partial charge in [-0.2, -0.15) is 9.44 Å². The van der Waals surface area contributed by atoms with Crippen molar-refractivity contribution >= 4 is 17.9 Å². The molecule has 5 heteroatoms. The number of fused-ring (bicyclic) bond motifs is 1. The molecular weight excluding hydrogens is 246 g/mol. The van der Waals surface area contributed by atoms with Crippen LogP contribution in [0.5, 0.6) is 0 Å². The van der Waals surface area contributed by atoms with Crippen LogP contribution in [0.25, 0.3) is 6.08 Å². The molecule has 5 nitrogen and oxygen atoms in total. The zero-order valence-electron chi connectivity index (χ0n) is 11.0. The molecule has 1 heterocycles. The van der Waals surface area contributed by atoms with E-state index >= 15 is 0 Å². The number of carbonyl (C=O) groups is 1. The first-order valence-electron chi connectivity index (χ1n) is 6.31. The van der Waals surface area contributed by atoms with Gasteiger partial charge in [0.25, 0.3) is 0 Å². The Hall–Kier alpha value is -1.69. The number of benzene rings is 1. The van der Waals surface area contributed by atoms with Crippen LogP contribution in [0.1, 0.15) is 19.4 Å². The first-order chi connectivity index (χ1) is 9.14. The third-order valence-electron chi connectivity index (χ3n) is 2.97. The highest BCUT2D eigenvalue weighted by Gasteiger charge is 2.43. The third-order valence-corrected chi connectivity index (χ3v) is 2.97. The lowest BCUT2D eigenvalue weighted by atomic mass is 10.1. The van der Waals surface area contributed by atoms with Crippen molar-refractivity contribution < 1.29 is 14.3 Å². The fourth-order valence-electron chi connectivity index (χ4n) is 2.13. The van der Waals surface area contributed by atoms with Crippen LogP contribution in [0.15, 0.2) is 30.3 Å². The average Bonchev–Trinajstić information content (AvgIpc) is 2.42. The molecule has 1 aliphatic heterocycles. The first kappa shape index (κ1) is 13.7. The van der Waals surface area contributed by atoms with Crippen LogP contribution < -0.4 is 4.65 Å². The number of hydroxylamine groups is 2. The van der Waals surface area contributed by atoms with Gasteiger partial charge in [0.15, 0.2) is 5.69 Å². The van der Waals surface area contributed by atoms with Gasteiger partial charge >= 0.3 is 6.09 Å². The molecule has 1 amide bonds. The van der Waals surface area contributed by atoms with Gasteiger partial charge in [0.2, 0.25) is 6.23 Å². The topological polar surface area (TPSA) is 58.6 Å². The number of rotatable bonds is 3. The van der Waals surface area contributed by atoms with E-state index in [4.69, 9.17) is 9.47 Å². The van der Waals surface area contributed by atoms with E-state index in [9.17, 15) is 10.0 Å².